The van der Waals surface area contributed by atoms with Crippen LogP contribution in [0.2, 0.25) is 0 Å². The van der Waals surface area contributed by atoms with Crippen LogP contribution >= 0.6 is 0 Å². The lowest BCUT2D eigenvalue weighted by atomic mass is 9.86. The third kappa shape index (κ3) is 4.45. The van der Waals surface area contributed by atoms with Crippen LogP contribution in [0.5, 0.6) is 5.75 Å². The SMILES string of the molecule is COc1ccc(CN2CC(C(C)(C)C)NCCC2C)cc1. The molecule has 1 heterocycles. The van der Waals surface area contributed by atoms with Gasteiger partial charge in [0.2, 0.25) is 0 Å². The van der Waals surface area contributed by atoms with E-state index in [4.69, 9.17) is 4.74 Å². The first-order valence-electron chi connectivity index (χ1n) is 8.00. The van der Waals surface area contributed by atoms with Gasteiger partial charge in [0, 0.05) is 25.2 Å². The molecule has 0 amide bonds. The summed E-state index contributed by atoms with van der Waals surface area (Å²) in [5, 5.41) is 3.72. The second-order valence-corrected chi connectivity index (χ2v) is 7.29. The number of ether oxygens (including phenoxy) is 1. The van der Waals surface area contributed by atoms with Crippen LogP contribution in [0.15, 0.2) is 24.3 Å². The van der Waals surface area contributed by atoms with Gasteiger partial charge < -0.3 is 10.1 Å². The van der Waals surface area contributed by atoms with Gasteiger partial charge in [0.25, 0.3) is 0 Å². The highest BCUT2D eigenvalue weighted by Gasteiger charge is 2.30. The molecule has 0 saturated carbocycles. The molecule has 1 N–H and O–H groups in total. The van der Waals surface area contributed by atoms with Gasteiger partial charge in [-0.25, -0.2) is 0 Å². The second kappa shape index (κ2) is 6.80. The van der Waals surface area contributed by atoms with E-state index in [-0.39, 0.29) is 0 Å². The average molecular weight is 290 g/mol. The Morgan fingerprint density at radius 2 is 1.90 bits per heavy atom. The third-order valence-electron chi connectivity index (χ3n) is 4.58. The van der Waals surface area contributed by atoms with Gasteiger partial charge in [-0.2, -0.15) is 0 Å². The van der Waals surface area contributed by atoms with E-state index < -0.39 is 0 Å². The van der Waals surface area contributed by atoms with E-state index in [0.717, 1.165) is 25.4 Å². The van der Waals surface area contributed by atoms with Crippen LogP contribution < -0.4 is 10.1 Å². The molecule has 2 unspecified atom stereocenters. The van der Waals surface area contributed by atoms with Crippen LogP contribution in [0.3, 0.4) is 0 Å². The minimum atomic E-state index is 0.294. The van der Waals surface area contributed by atoms with Crippen molar-refractivity contribution in [3.05, 3.63) is 29.8 Å². The Kier molecular flexibility index (Phi) is 5.28. The molecule has 0 spiro atoms. The monoisotopic (exact) mass is 290 g/mol. The number of nitrogens with zero attached hydrogens (tertiary/aromatic N) is 1. The first kappa shape index (κ1) is 16.3. The van der Waals surface area contributed by atoms with Gasteiger partial charge in [-0.1, -0.05) is 32.9 Å². The lowest BCUT2D eigenvalue weighted by molar-refractivity contribution is 0.157. The Balaban J connectivity index is 2.07. The molecule has 1 aromatic rings. The molecule has 2 rings (SSSR count). The van der Waals surface area contributed by atoms with E-state index in [9.17, 15) is 0 Å². The molecular weight excluding hydrogens is 260 g/mol. The maximum absolute atomic E-state index is 5.24. The van der Waals surface area contributed by atoms with Crippen LogP contribution in [0.25, 0.3) is 0 Å². The topological polar surface area (TPSA) is 24.5 Å². The molecule has 21 heavy (non-hydrogen) atoms. The summed E-state index contributed by atoms with van der Waals surface area (Å²) in [5.41, 5.74) is 1.65. The van der Waals surface area contributed by atoms with E-state index in [1.54, 1.807) is 7.11 Å². The van der Waals surface area contributed by atoms with Gasteiger partial charge in [0.1, 0.15) is 5.75 Å². The Hall–Kier alpha value is -1.06. The first-order chi connectivity index (χ1) is 9.90. The molecule has 0 bridgehead atoms. The fourth-order valence-electron chi connectivity index (χ4n) is 2.89. The molecule has 3 heteroatoms. The summed E-state index contributed by atoms with van der Waals surface area (Å²) in [6.45, 7) is 12.6. The zero-order chi connectivity index (χ0) is 15.5. The fourth-order valence-corrected chi connectivity index (χ4v) is 2.89. The molecule has 2 atom stereocenters. The number of hydrogen-bond donors (Lipinski definition) is 1. The molecular formula is C18H30N2O. The van der Waals surface area contributed by atoms with Crippen molar-refractivity contribution in [1.82, 2.24) is 10.2 Å². The predicted molar refractivity (Wildman–Crippen MR) is 88.7 cm³/mol. The fraction of sp³-hybridized carbons (Fsp3) is 0.667. The Labute approximate surface area is 129 Å². The van der Waals surface area contributed by atoms with Crippen molar-refractivity contribution in [1.29, 1.82) is 0 Å². The molecule has 1 aliphatic heterocycles. The molecule has 1 aromatic carbocycles. The molecule has 1 aliphatic rings. The van der Waals surface area contributed by atoms with Crippen LogP contribution in [-0.2, 0) is 6.54 Å². The molecule has 0 aromatic heterocycles. The summed E-state index contributed by atoms with van der Waals surface area (Å²) in [4.78, 5) is 2.61. The maximum Gasteiger partial charge on any atom is 0.118 e. The molecule has 0 radical (unpaired) electrons. The van der Waals surface area contributed by atoms with Gasteiger partial charge in [0.15, 0.2) is 0 Å². The van der Waals surface area contributed by atoms with E-state index >= 15 is 0 Å². The minimum absolute atomic E-state index is 0.294. The van der Waals surface area contributed by atoms with Crippen LogP contribution in [-0.4, -0.2) is 37.2 Å². The van der Waals surface area contributed by atoms with Gasteiger partial charge >= 0.3 is 0 Å². The highest BCUT2D eigenvalue weighted by Crippen LogP contribution is 2.24. The van der Waals surface area contributed by atoms with Crippen molar-refractivity contribution < 1.29 is 4.74 Å². The van der Waals surface area contributed by atoms with Gasteiger partial charge in [-0.05, 0) is 43.0 Å². The Morgan fingerprint density at radius 1 is 1.24 bits per heavy atom. The lowest BCUT2D eigenvalue weighted by Crippen LogP contribution is -2.47. The summed E-state index contributed by atoms with van der Waals surface area (Å²) in [5.74, 6) is 0.928. The van der Waals surface area contributed by atoms with Gasteiger partial charge in [-0.15, -0.1) is 0 Å². The van der Waals surface area contributed by atoms with E-state index in [1.165, 1.54) is 12.0 Å². The van der Waals surface area contributed by atoms with Crippen molar-refractivity contribution in [3.63, 3.8) is 0 Å². The Bertz CT molecular complexity index is 436. The Morgan fingerprint density at radius 3 is 2.48 bits per heavy atom. The summed E-state index contributed by atoms with van der Waals surface area (Å²) < 4.78 is 5.24. The lowest BCUT2D eigenvalue weighted by Gasteiger charge is -2.35. The number of nitrogens with one attached hydrogen (secondary N) is 1. The van der Waals surface area contributed by atoms with Gasteiger partial charge in [0.05, 0.1) is 7.11 Å². The van der Waals surface area contributed by atoms with Crippen LogP contribution in [0.1, 0.15) is 39.7 Å². The van der Waals surface area contributed by atoms with Gasteiger partial charge in [-0.3, -0.25) is 4.90 Å². The number of benzene rings is 1. The van der Waals surface area contributed by atoms with Crippen LogP contribution in [0.4, 0.5) is 0 Å². The predicted octanol–water partition coefficient (Wildman–Crippen LogP) is 3.29. The van der Waals surface area contributed by atoms with Crippen molar-refractivity contribution >= 4 is 0 Å². The van der Waals surface area contributed by atoms with E-state index in [2.05, 4.69) is 62.2 Å². The third-order valence-corrected chi connectivity index (χ3v) is 4.58. The highest BCUT2D eigenvalue weighted by atomic mass is 16.5. The first-order valence-corrected chi connectivity index (χ1v) is 8.00. The van der Waals surface area contributed by atoms with Crippen LogP contribution in [0, 0.1) is 5.41 Å². The number of rotatable bonds is 3. The standard InChI is InChI=1S/C18H30N2O/c1-14-10-11-19-17(18(2,3)4)13-20(14)12-15-6-8-16(21-5)9-7-15/h6-9,14,17,19H,10-13H2,1-5H3. The van der Waals surface area contributed by atoms with E-state index in [1.807, 2.05) is 0 Å². The summed E-state index contributed by atoms with van der Waals surface area (Å²) >= 11 is 0. The van der Waals surface area contributed by atoms with Crippen molar-refractivity contribution in [2.24, 2.45) is 5.41 Å². The van der Waals surface area contributed by atoms with Crippen molar-refractivity contribution in [2.75, 3.05) is 20.2 Å². The number of hydrogen-bond acceptors (Lipinski definition) is 3. The minimum Gasteiger partial charge on any atom is -0.497 e. The highest BCUT2D eigenvalue weighted by molar-refractivity contribution is 5.27. The molecule has 1 saturated heterocycles. The molecule has 1 fully saturated rings. The zero-order valence-corrected chi connectivity index (χ0v) is 14.1. The largest absolute Gasteiger partial charge is 0.497 e. The molecule has 3 nitrogen and oxygen atoms in total. The quantitative estimate of drug-likeness (QED) is 0.924. The normalized spacial score (nSPS) is 24.6. The van der Waals surface area contributed by atoms with E-state index in [0.29, 0.717) is 17.5 Å². The number of methoxy groups -OCH3 is 1. The second-order valence-electron chi connectivity index (χ2n) is 7.29. The maximum atomic E-state index is 5.24. The zero-order valence-electron chi connectivity index (χ0n) is 14.1. The summed E-state index contributed by atoms with van der Waals surface area (Å²) in [7, 11) is 1.71. The molecule has 118 valence electrons. The summed E-state index contributed by atoms with van der Waals surface area (Å²) in [6, 6.07) is 9.62. The summed E-state index contributed by atoms with van der Waals surface area (Å²) in [6.07, 6.45) is 1.21. The molecule has 0 aliphatic carbocycles. The van der Waals surface area contributed by atoms with Crippen molar-refractivity contribution in [3.8, 4) is 5.75 Å². The average Bonchev–Trinajstić information content (AvgIpc) is 2.62. The van der Waals surface area contributed by atoms with Crippen molar-refractivity contribution in [2.45, 2.75) is 52.7 Å². The smallest absolute Gasteiger partial charge is 0.118 e.